The highest BCUT2D eigenvalue weighted by Gasteiger charge is 2.53. The molecule has 0 fully saturated rings. The lowest BCUT2D eigenvalue weighted by molar-refractivity contribution is 0.0243. The monoisotopic (exact) mass is 511 g/mol. The standard InChI is InChI=1S/C32H37N3O3/c1-6-10-20-37-28-21-23(34(7-2)8-3)17-18-25(28)32(26-15-13-19-33-30(26)31(36)38-32)29-22(5)35(9-4)27-16-12-11-14-24(27)29/h11-19,21H,6-10,20H2,1-5H3. The summed E-state index contributed by atoms with van der Waals surface area (Å²) in [6.07, 6.45) is 3.62. The summed E-state index contributed by atoms with van der Waals surface area (Å²) in [6.45, 7) is 13.9. The molecule has 6 heteroatoms. The van der Waals surface area contributed by atoms with Gasteiger partial charge in [-0.25, -0.2) is 9.78 Å². The van der Waals surface area contributed by atoms with Crippen LogP contribution in [0.25, 0.3) is 10.9 Å². The minimum atomic E-state index is -1.19. The summed E-state index contributed by atoms with van der Waals surface area (Å²) < 4.78 is 15.3. The SMILES string of the molecule is CCCCOc1cc(N(CC)CC)ccc1C1(c2c(C)n(CC)c3ccccc23)OC(=O)c2ncccc21. The number of anilines is 1. The van der Waals surface area contributed by atoms with E-state index in [0.29, 0.717) is 12.3 Å². The third-order valence-electron chi connectivity index (χ3n) is 7.75. The fraction of sp³-hybridized carbons (Fsp3) is 0.375. The van der Waals surface area contributed by atoms with Crippen molar-refractivity contribution in [2.45, 2.75) is 59.6 Å². The number of carbonyl (C=O) groups is 1. The summed E-state index contributed by atoms with van der Waals surface area (Å²) in [4.78, 5) is 20.2. The molecule has 0 bridgehead atoms. The number of benzene rings is 2. The number of pyridine rings is 1. The number of esters is 1. The number of carbonyl (C=O) groups excluding carboxylic acids is 1. The second-order valence-corrected chi connectivity index (χ2v) is 9.75. The summed E-state index contributed by atoms with van der Waals surface area (Å²) in [7, 11) is 0. The fourth-order valence-corrected chi connectivity index (χ4v) is 5.93. The first-order chi connectivity index (χ1) is 18.5. The van der Waals surface area contributed by atoms with Crippen molar-refractivity contribution in [2.75, 3.05) is 24.6 Å². The Morgan fingerprint density at radius 1 is 1.00 bits per heavy atom. The van der Waals surface area contributed by atoms with E-state index < -0.39 is 11.6 Å². The Morgan fingerprint density at radius 2 is 1.79 bits per heavy atom. The highest BCUT2D eigenvalue weighted by Crippen LogP contribution is 2.53. The first-order valence-corrected chi connectivity index (χ1v) is 13.8. The number of cyclic esters (lactones) is 1. The van der Waals surface area contributed by atoms with Crippen LogP contribution in [0, 0.1) is 6.92 Å². The Kier molecular flexibility index (Phi) is 7.15. The molecule has 38 heavy (non-hydrogen) atoms. The van der Waals surface area contributed by atoms with Gasteiger partial charge in [-0.3, -0.25) is 0 Å². The van der Waals surface area contributed by atoms with Crippen LogP contribution in [0.4, 0.5) is 5.69 Å². The third kappa shape index (κ3) is 3.94. The molecule has 6 nitrogen and oxygen atoms in total. The Balaban J connectivity index is 1.87. The number of fused-ring (bicyclic) bond motifs is 2. The molecule has 0 saturated heterocycles. The van der Waals surface area contributed by atoms with Crippen molar-refractivity contribution in [3.05, 3.63) is 88.9 Å². The second kappa shape index (κ2) is 10.5. The molecule has 0 N–H and O–H groups in total. The molecule has 0 amide bonds. The summed E-state index contributed by atoms with van der Waals surface area (Å²) >= 11 is 0. The quantitative estimate of drug-likeness (QED) is 0.172. The highest BCUT2D eigenvalue weighted by molar-refractivity contribution is 5.97. The Hall–Kier alpha value is -3.80. The van der Waals surface area contributed by atoms with Gasteiger partial charge in [0.15, 0.2) is 11.3 Å². The van der Waals surface area contributed by atoms with Gasteiger partial charge in [0.1, 0.15) is 5.75 Å². The molecule has 2 aromatic carbocycles. The van der Waals surface area contributed by atoms with E-state index >= 15 is 0 Å². The average molecular weight is 512 g/mol. The van der Waals surface area contributed by atoms with Gasteiger partial charge in [0.25, 0.3) is 0 Å². The van der Waals surface area contributed by atoms with E-state index in [2.05, 4.69) is 85.5 Å². The lowest BCUT2D eigenvalue weighted by Crippen LogP contribution is -2.31. The molecular weight excluding hydrogens is 474 g/mol. The van der Waals surface area contributed by atoms with Gasteiger partial charge in [0, 0.05) is 70.9 Å². The summed E-state index contributed by atoms with van der Waals surface area (Å²) in [5, 5.41) is 1.06. The number of ether oxygens (including phenoxy) is 2. The van der Waals surface area contributed by atoms with E-state index in [-0.39, 0.29) is 0 Å². The average Bonchev–Trinajstić information content (AvgIpc) is 3.40. The number of hydrogen-bond acceptors (Lipinski definition) is 5. The number of aromatic nitrogens is 2. The predicted octanol–water partition coefficient (Wildman–Crippen LogP) is 6.85. The second-order valence-electron chi connectivity index (χ2n) is 9.75. The molecule has 5 rings (SSSR count). The van der Waals surface area contributed by atoms with Crippen LogP contribution >= 0.6 is 0 Å². The minimum Gasteiger partial charge on any atom is -0.493 e. The summed E-state index contributed by atoms with van der Waals surface area (Å²) in [6, 6.07) is 18.5. The lowest BCUT2D eigenvalue weighted by Gasteiger charge is -2.33. The van der Waals surface area contributed by atoms with Crippen molar-refractivity contribution in [3.8, 4) is 5.75 Å². The molecular formula is C32H37N3O3. The molecule has 0 aliphatic carbocycles. The smallest absolute Gasteiger partial charge is 0.358 e. The summed E-state index contributed by atoms with van der Waals surface area (Å²) in [5.74, 6) is 0.320. The van der Waals surface area contributed by atoms with Crippen LogP contribution in [0.1, 0.15) is 73.4 Å². The molecule has 0 spiro atoms. The van der Waals surface area contributed by atoms with Crippen LogP contribution in [0.5, 0.6) is 5.75 Å². The molecule has 0 saturated carbocycles. The highest BCUT2D eigenvalue weighted by atomic mass is 16.6. The normalized spacial score (nSPS) is 16.5. The molecule has 0 radical (unpaired) electrons. The molecule has 2 aromatic heterocycles. The predicted molar refractivity (Wildman–Crippen MR) is 152 cm³/mol. The van der Waals surface area contributed by atoms with Gasteiger partial charge in [0.05, 0.1) is 6.61 Å². The van der Waals surface area contributed by atoms with Crippen molar-refractivity contribution in [1.82, 2.24) is 9.55 Å². The third-order valence-corrected chi connectivity index (χ3v) is 7.75. The van der Waals surface area contributed by atoms with Crippen molar-refractivity contribution in [3.63, 3.8) is 0 Å². The van der Waals surface area contributed by atoms with Crippen molar-refractivity contribution < 1.29 is 14.3 Å². The zero-order chi connectivity index (χ0) is 26.9. The molecule has 1 aliphatic rings. The van der Waals surface area contributed by atoms with E-state index in [4.69, 9.17) is 9.47 Å². The van der Waals surface area contributed by atoms with E-state index in [1.54, 1.807) is 6.20 Å². The largest absolute Gasteiger partial charge is 0.493 e. The number of unbranched alkanes of at least 4 members (excludes halogenated alkanes) is 1. The molecule has 1 aliphatic heterocycles. The minimum absolute atomic E-state index is 0.354. The first-order valence-electron chi connectivity index (χ1n) is 13.8. The summed E-state index contributed by atoms with van der Waals surface area (Å²) in [5.41, 5.74) is 4.97. The Bertz CT molecular complexity index is 1470. The van der Waals surface area contributed by atoms with Gasteiger partial charge >= 0.3 is 5.97 Å². The van der Waals surface area contributed by atoms with Gasteiger partial charge in [-0.15, -0.1) is 0 Å². The lowest BCUT2D eigenvalue weighted by atomic mass is 9.78. The van der Waals surface area contributed by atoms with Crippen LogP contribution in [0.3, 0.4) is 0 Å². The van der Waals surface area contributed by atoms with E-state index in [1.165, 1.54) is 0 Å². The van der Waals surface area contributed by atoms with Crippen LogP contribution < -0.4 is 9.64 Å². The van der Waals surface area contributed by atoms with E-state index in [1.807, 2.05) is 18.2 Å². The van der Waals surface area contributed by atoms with Gasteiger partial charge in [-0.1, -0.05) is 37.6 Å². The van der Waals surface area contributed by atoms with Crippen molar-refractivity contribution >= 4 is 22.6 Å². The maximum atomic E-state index is 13.5. The zero-order valence-electron chi connectivity index (χ0n) is 23.1. The van der Waals surface area contributed by atoms with E-state index in [0.717, 1.165) is 77.2 Å². The van der Waals surface area contributed by atoms with Gasteiger partial charge in [-0.05, 0) is 58.4 Å². The maximum Gasteiger partial charge on any atom is 0.358 e. The number of nitrogens with zero attached hydrogens (tertiary/aromatic N) is 3. The van der Waals surface area contributed by atoms with Gasteiger partial charge in [-0.2, -0.15) is 0 Å². The molecule has 198 valence electrons. The Labute approximate surface area is 225 Å². The van der Waals surface area contributed by atoms with E-state index in [9.17, 15) is 4.79 Å². The van der Waals surface area contributed by atoms with Crippen molar-refractivity contribution in [2.24, 2.45) is 0 Å². The topological polar surface area (TPSA) is 56.6 Å². The van der Waals surface area contributed by atoms with Crippen molar-refractivity contribution in [1.29, 1.82) is 0 Å². The Morgan fingerprint density at radius 3 is 2.53 bits per heavy atom. The number of hydrogen-bond donors (Lipinski definition) is 0. The van der Waals surface area contributed by atoms with Crippen LogP contribution in [-0.4, -0.2) is 35.2 Å². The first kappa shape index (κ1) is 25.8. The number of rotatable bonds is 10. The fourth-order valence-electron chi connectivity index (χ4n) is 5.93. The maximum absolute atomic E-state index is 13.5. The van der Waals surface area contributed by atoms with Gasteiger partial charge in [0.2, 0.25) is 0 Å². The molecule has 1 atom stereocenters. The number of para-hydroxylation sites is 1. The van der Waals surface area contributed by atoms with Crippen LogP contribution in [0.2, 0.25) is 0 Å². The number of aryl methyl sites for hydroxylation is 1. The molecule has 4 aromatic rings. The van der Waals surface area contributed by atoms with Crippen LogP contribution in [0.15, 0.2) is 60.8 Å². The zero-order valence-corrected chi connectivity index (χ0v) is 23.1. The molecule has 1 unspecified atom stereocenters. The van der Waals surface area contributed by atoms with Gasteiger partial charge < -0.3 is 18.9 Å². The van der Waals surface area contributed by atoms with Crippen LogP contribution in [-0.2, 0) is 16.9 Å². The molecule has 3 heterocycles.